The molecule has 0 radical (unpaired) electrons. The van der Waals surface area contributed by atoms with Crippen molar-refractivity contribution in [2.75, 3.05) is 18.4 Å². The molecule has 4 aromatic rings. The first-order valence-corrected chi connectivity index (χ1v) is 10.2. The second kappa shape index (κ2) is 7.50. The molecular formula is C22H25N5O2. The number of fused-ring (bicyclic) bond motifs is 2. The van der Waals surface area contributed by atoms with Crippen LogP contribution in [-0.2, 0) is 0 Å². The van der Waals surface area contributed by atoms with Gasteiger partial charge in [-0.3, -0.25) is 4.90 Å². The maximum atomic E-state index is 10.3. The molecule has 0 aliphatic carbocycles. The zero-order valence-corrected chi connectivity index (χ0v) is 16.5. The van der Waals surface area contributed by atoms with Gasteiger partial charge >= 0.3 is 0 Å². The van der Waals surface area contributed by atoms with E-state index in [1.165, 1.54) is 6.42 Å². The maximum absolute atomic E-state index is 10.3. The number of imidazole rings is 1. The van der Waals surface area contributed by atoms with Crippen LogP contribution in [0.1, 0.15) is 26.2 Å². The van der Waals surface area contributed by atoms with Crippen molar-refractivity contribution in [2.24, 2.45) is 0 Å². The second-order valence-electron chi connectivity index (χ2n) is 7.71. The quantitative estimate of drug-likeness (QED) is 0.539. The van der Waals surface area contributed by atoms with Gasteiger partial charge in [-0.2, -0.15) is 0 Å². The molecule has 5 rings (SSSR count). The van der Waals surface area contributed by atoms with Crippen molar-refractivity contribution >= 4 is 22.4 Å². The first kappa shape index (κ1) is 18.1. The molecule has 1 saturated heterocycles. The summed E-state index contributed by atoms with van der Waals surface area (Å²) >= 11 is 0. The van der Waals surface area contributed by atoms with Gasteiger partial charge in [-0.25, -0.2) is 9.50 Å². The van der Waals surface area contributed by atoms with E-state index >= 15 is 0 Å². The number of nitrogens with one attached hydrogen (secondary N) is 1. The standard InChI is InChI=1S/C22H25N5O2/c1-15(28)22(26-11-5-2-6-12-26)24-20-9-10-21-23-14-17(27(21)25-20)19-13-16-7-3-4-8-18(16)29-19/h3-4,7-10,13-15,22,28H,2,5-6,11-12H2,1H3,(H,24,25). The number of hydrogen-bond donors (Lipinski definition) is 2. The van der Waals surface area contributed by atoms with Gasteiger partial charge in [-0.05, 0) is 44.0 Å². The van der Waals surface area contributed by atoms with Crippen molar-refractivity contribution in [3.05, 3.63) is 48.7 Å². The lowest BCUT2D eigenvalue weighted by molar-refractivity contribution is 0.0637. The third-order valence-electron chi connectivity index (χ3n) is 5.58. The molecule has 1 fully saturated rings. The van der Waals surface area contributed by atoms with Crippen LogP contribution in [-0.4, -0.2) is 50.0 Å². The average Bonchev–Trinajstić information content (AvgIpc) is 3.35. The number of aliphatic hydroxyl groups excluding tert-OH is 1. The predicted molar refractivity (Wildman–Crippen MR) is 113 cm³/mol. The summed E-state index contributed by atoms with van der Waals surface area (Å²) in [5.74, 6) is 1.43. The lowest BCUT2D eigenvalue weighted by atomic mass is 10.1. The van der Waals surface area contributed by atoms with Crippen LogP contribution < -0.4 is 5.32 Å². The maximum Gasteiger partial charge on any atom is 0.155 e. The summed E-state index contributed by atoms with van der Waals surface area (Å²) in [5, 5.41) is 19.6. The van der Waals surface area contributed by atoms with E-state index in [0.717, 1.165) is 54.0 Å². The van der Waals surface area contributed by atoms with Gasteiger partial charge in [-0.1, -0.05) is 24.6 Å². The summed E-state index contributed by atoms with van der Waals surface area (Å²) in [6.07, 6.45) is 4.68. The van der Waals surface area contributed by atoms with Gasteiger partial charge in [0.1, 0.15) is 23.3 Å². The summed E-state index contributed by atoms with van der Waals surface area (Å²) in [4.78, 5) is 6.76. The van der Waals surface area contributed by atoms with Gasteiger partial charge in [0.05, 0.1) is 12.3 Å². The molecule has 2 unspecified atom stereocenters. The predicted octanol–water partition coefficient (Wildman–Crippen LogP) is 3.75. The number of likely N-dealkylation sites (tertiary alicyclic amines) is 1. The zero-order chi connectivity index (χ0) is 19.8. The number of rotatable bonds is 5. The van der Waals surface area contributed by atoms with Gasteiger partial charge in [0.2, 0.25) is 0 Å². The Hall–Kier alpha value is -2.90. The van der Waals surface area contributed by atoms with E-state index in [9.17, 15) is 5.11 Å². The Morgan fingerprint density at radius 2 is 1.93 bits per heavy atom. The fraction of sp³-hybridized carbons (Fsp3) is 0.364. The molecule has 150 valence electrons. The van der Waals surface area contributed by atoms with Crippen LogP contribution in [0.25, 0.3) is 28.1 Å². The van der Waals surface area contributed by atoms with Crippen LogP contribution in [0.3, 0.4) is 0 Å². The Morgan fingerprint density at radius 3 is 2.72 bits per heavy atom. The number of piperidine rings is 1. The third kappa shape index (κ3) is 3.47. The monoisotopic (exact) mass is 391 g/mol. The molecule has 0 saturated carbocycles. The van der Waals surface area contributed by atoms with Crippen molar-refractivity contribution in [3.8, 4) is 11.5 Å². The smallest absolute Gasteiger partial charge is 0.155 e. The molecule has 1 aromatic carbocycles. The molecule has 29 heavy (non-hydrogen) atoms. The fourth-order valence-electron chi connectivity index (χ4n) is 4.09. The van der Waals surface area contributed by atoms with Gasteiger partial charge < -0.3 is 14.8 Å². The highest BCUT2D eigenvalue weighted by atomic mass is 16.3. The van der Waals surface area contributed by atoms with Crippen LogP contribution in [0, 0.1) is 0 Å². The molecule has 2 atom stereocenters. The number of para-hydroxylation sites is 1. The molecule has 7 nitrogen and oxygen atoms in total. The highest BCUT2D eigenvalue weighted by Crippen LogP contribution is 2.28. The van der Waals surface area contributed by atoms with E-state index in [0.29, 0.717) is 5.82 Å². The lowest BCUT2D eigenvalue weighted by Gasteiger charge is -2.36. The highest BCUT2D eigenvalue weighted by molar-refractivity contribution is 5.82. The SMILES string of the molecule is CC(O)C(Nc1ccc2ncc(-c3cc4ccccc4o3)n2n1)N1CCCCC1. The first-order chi connectivity index (χ1) is 14.2. The molecule has 1 aliphatic rings. The first-order valence-electron chi connectivity index (χ1n) is 10.2. The lowest BCUT2D eigenvalue weighted by Crippen LogP contribution is -2.50. The number of furan rings is 1. The Morgan fingerprint density at radius 1 is 1.10 bits per heavy atom. The number of nitrogens with zero attached hydrogens (tertiary/aromatic N) is 4. The molecule has 1 aliphatic heterocycles. The number of aliphatic hydroxyl groups is 1. The minimum atomic E-state index is -0.511. The van der Waals surface area contributed by atoms with Gasteiger partial charge in [-0.15, -0.1) is 5.10 Å². The summed E-state index contributed by atoms with van der Waals surface area (Å²) in [5.41, 5.74) is 2.38. The summed E-state index contributed by atoms with van der Waals surface area (Å²) in [7, 11) is 0. The van der Waals surface area contributed by atoms with E-state index in [1.807, 2.05) is 49.4 Å². The van der Waals surface area contributed by atoms with Crippen molar-refractivity contribution in [3.63, 3.8) is 0 Å². The van der Waals surface area contributed by atoms with Gasteiger partial charge in [0.25, 0.3) is 0 Å². The minimum Gasteiger partial charge on any atom is -0.454 e. The molecular weight excluding hydrogens is 366 g/mol. The Kier molecular flexibility index (Phi) is 4.69. The van der Waals surface area contributed by atoms with E-state index in [2.05, 4.69) is 15.2 Å². The van der Waals surface area contributed by atoms with Crippen LogP contribution in [0.15, 0.2) is 53.1 Å². The molecule has 0 bridgehead atoms. The summed E-state index contributed by atoms with van der Waals surface area (Å²) < 4.78 is 7.79. The van der Waals surface area contributed by atoms with Crippen molar-refractivity contribution in [2.45, 2.75) is 38.5 Å². The molecule has 0 amide bonds. The van der Waals surface area contributed by atoms with Crippen LogP contribution >= 0.6 is 0 Å². The number of aromatic nitrogens is 3. The zero-order valence-electron chi connectivity index (χ0n) is 16.5. The average molecular weight is 391 g/mol. The topological polar surface area (TPSA) is 78.8 Å². The van der Waals surface area contributed by atoms with Crippen LogP contribution in [0.2, 0.25) is 0 Å². The molecule has 3 aromatic heterocycles. The number of hydrogen-bond acceptors (Lipinski definition) is 6. The second-order valence-corrected chi connectivity index (χ2v) is 7.71. The third-order valence-corrected chi connectivity index (χ3v) is 5.58. The molecule has 0 spiro atoms. The summed E-state index contributed by atoms with van der Waals surface area (Å²) in [6, 6.07) is 13.8. The van der Waals surface area contributed by atoms with E-state index < -0.39 is 6.10 Å². The van der Waals surface area contributed by atoms with Gasteiger partial charge in [0.15, 0.2) is 11.4 Å². The fourth-order valence-corrected chi connectivity index (χ4v) is 4.09. The molecule has 7 heteroatoms. The Balaban J connectivity index is 1.48. The van der Waals surface area contributed by atoms with Crippen LogP contribution in [0.5, 0.6) is 0 Å². The summed E-state index contributed by atoms with van der Waals surface area (Å²) in [6.45, 7) is 3.79. The van der Waals surface area contributed by atoms with Crippen molar-refractivity contribution < 1.29 is 9.52 Å². The number of anilines is 1. The highest BCUT2D eigenvalue weighted by Gasteiger charge is 2.25. The van der Waals surface area contributed by atoms with Crippen molar-refractivity contribution in [1.29, 1.82) is 0 Å². The van der Waals surface area contributed by atoms with E-state index in [4.69, 9.17) is 9.52 Å². The van der Waals surface area contributed by atoms with Crippen LogP contribution in [0.4, 0.5) is 5.82 Å². The van der Waals surface area contributed by atoms with Crippen molar-refractivity contribution in [1.82, 2.24) is 19.5 Å². The minimum absolute atomic E-state index is 0.168. The van der Waals surface area contributed by atoms with E-state index in [-0.39, 0.29) is 6.17 Å². The Bertz CT molecular complexity index is 1090. The molecule has 2 N–H and O–H groups in total. The Labute approximate surface area is 169 Å². The van der Waals surface area contributed by atoms with E-state index in [1.54, 1.807) is 10.7 Å². The number of benzene rings is 1. The normalized spacial score (nSPS) is 17.6. The largest absolute Gasteiger partial charge is 0.454 e. The van der Waals surface area contributed by atoms with Gasteiger partial charge in [0, 0.05) is 18.5 Å². The molecule has 4 heterocycles.